The maximum absolute atomic E-state index is 13.5. The predicted octanol–water partition coefficient (Wildman–Crippen LogP) is 3.68. The van der Waals surface area contributed by atoms with E-state index in [4.69, 9.17) is 0 Å². The molecule has 1 saturated heterocycles. The summed E-state index contributed by atoms with van der Waals surface area (Å²) >= 11 is 0. The fraction of sp³-hybridized carbons (Fsp3) is 0.600. The van der Waals surface area contributed by atoms with Crippen molar-refractivity contribution in [2.45, 2.75) is 45.1 Å². The zero-order valence-electron chi connectivity index (χ0n) is 10.9. The first-order chi connectivity index (χ1) is 8.69. The second-order valence-electron chi connectivity index (χ2n) is 5.22. The lowest BCUT2D eigenvalue weighted by atomic mass is 9.88. The molecule has 2 rings (SSSR count). The van der Waals surface area contributed by atoms with Gasteiger partial charge in [0.2, 0.25) is 0 Å². The van der Waals surface area contributed by atoms with Gasteiger partial charge in [0.1, 0.15) is 11.6 Å². The van der Waals surface area contributed by atoms with Crippen molar-refractivity contribution in [3.05, 3.63) is 35.4 Å². The summed E-state index contributed by atoms with van der Waals surface area (Å²) in [5.74, 6) is 0.141. The van der Waals surface area contributed by atoms with E-state index in [1.165, 1.54) is 31.0 Å². The third-order valence-corrected chi connectivity index (χ3v) is 3.95. The summed E-state index contributed by atoms with van der Waals surface area (Å²) in [4.78, 5) is 0. The van der Waals surface area contributed by atoms with E-state index in [2.05, 4.69) is 12.2 Å². The molecule has 1 aromatic rings. The molecule has 1 heterocycles. The Kier molecular flexibility index (Phi) is 4.70. The highest BCUT2D eigenvalue weighted by molar-refractivity contribution is 5.19. The van der Waals surface area contributed by atoms with Crippen LogP contribution in [0.25, 0.3) is 0 Å². The summed E-state index contributed by atoms with van der Waals surface area (Å²) in [5, 5.41) is 3.47. The minimum atomic E-state index is -0.352. The highest BCUT2D eigenvalue weighted by Gasteiger charge is 2.20. The zero-order valence-corrected chi connectivity index (χ0v) is 10.9. The molecule has 1 aromatic carbocycles. The molecule has 18 heavy (non-hydrogen) atoms. The molecule has 0 radical (unpaired) electrons. The van der Waals surface area contributed by atoms with Gasteiger partial charge < -0.3 is 5.32 Å². The average Bonchev–Trinajstić information content (AvgIpc) is 2.40. The molecular formula is C15H21F2N. The third kappa shape index (κ3) is 3.52. The highest BCUT2D eigenvalue weighted by atomic mass is 19.1. The molecule has 2 atom stereocenters. The lowest BCUT2D eigenvalue weighted by Crippen LogP contribution is -2.38. The van der Waals surface area contributed by atoms with E-state index < -0.39 is 0 Å². The van der Waals surface area contributed by atoms with E-state index in [1.807, 2.05) is 0 Å². The Morgan fingerprint density at radius 1 is 1.33 bits per heavy atom. The van der Waals surface area contributed by atoms with Crippen LogP contribution >= 0.6 is 0 Å². The molecule has 2 unspecified atom stereocenters. The summed E-state index contributed by atoms with van der Waals surface area (Å²) in [7, 11) is 0. The lowest BCUT2D eigenvalue weighted by molar-refractivity contribution is 0.284. The molecule has 100 valence electrons. The van der Waals surface area contributed by atoms with Gasteiger partial charge in [-0.1, -0.05) is 13.3 Å². The van der Waals surface area contributed by atoms with Crippen LogP contribution in [0.15, 0.2) is 18.2 Å². The van der Waals surface area contributed by atoms with Crippen LogP contribution in [0.5, 0.6) is 0 Å². The number of hydrogen-bond acceptors (Lipinski definition) is 1. The number of benzene rings is 1. The smallest absolute Gasteiger partial charge is 0.126 e. The summed E-state index contributed by atoms with van der Waals surface area (Å²) in [5.41, 5.74) is 0.496. The van der Waals surface area contributed by atoms with Crippen molar-refractivity contribution >= 4 is 0 Å². The largest absolute Gasteiger partial charge is 0.314 e. The summed E-state index contributed by atoms with van der Waals surface area (Å²) in [6.45, 7) is 3.27. The number of piperidine rings is 1. The van der Waals surface area contributed by atoms with E-state index in [0.717, 1.165) is 25.3 Å². The van der Waals surface area contributed by atoms with Crippen molar-refractivity contribution in [2.24, 2.45) is 5.92 Å². The summed E-state index contributed by atoms with van der Waals surface area (Å²) in [6.07, 6.45) is 5.11. The number of aryl methyl sites for hydroxylation is 1. The SMILES string of the molecule is CCC1CCNC(CCc2cc(F)ccc2F)C1. The molecular weight excluding hydrogens is 232 g/mol. The zero-order chi connectivity index (χ0) is 13.0. The molecule has 0 amide bonds. The molecule has 0 aliphatic carbocycles. The Labute approximate surface area is 108 Å². The van der Waals surface area contributed by atoms with Crippen molar-refractivity contribution in [1.29, 1.82) is 0 Å². The number of hydrogen-bond donors (Lipinski definition) is 1. The maximum Gasteiger partial charge on any atom is 0.126 e. The first kappa shape index (κ1) is 13.5. The van der Waals surface area contributed by atoms with Crippen LogP contribution in [0.2, 0.25) is 0 Å². The van der Waals surface area contributed by atoms with Gasteiger partial charge in [-0.3, -0.25) is 0 Å². The normalized spacial score (nSPS) is 24.2. The van der Waals surface area contributed by atoms with Crippen molar-refractivity contribution in [2.75, 3.05) is 6.54 Å². The summed E-state index contributed by atoms with van der Waals surface area (Å²) in [6, 6.07) is 4.15. The maximum atomic E-state index is 13.5. The Bertz CT molecular complexity index is 392. The molecule has 0 bridgehead atoms. The molecule has 1 aliphatic rings. The minimum Gasteiger partial charge on any atom is -0.314 e. The van der Waals surface area contributed by atoms with Gasteiger partial charge in [-0.25, -0.2) is 8.78 Å². The van der Waals surface area contributed by atoms with E-state index in [9.17, 15) is 8.78 Å². The molecule has 0 saturated carbocycles. The standard InChI is InChI=1S/C15H21F2N/c1-2-11-7-8-18-14(9-11)5-3-12-10-13(16)4-6-15(12)17/h4,6,10-11,14,18H,2-3,5,7-9H2,1H3. The molecule has 1 aliphatic heterocycles. The van der Waals surface area contributed by atoms with Crippen LogP contribution in [0, 0.1) is 17.6 Å². The monoisotopic (exact) mass is 253 g/mol. The summed E-state index contributed by atoms with van der Waals surface area (Å²) < 4.78 is 26.5. The lowest BCUT2D eigenvalue weighted by Gasteiger charge is -2.29. The van der Waals surface area contributed by atoms with E-state index >= 15 is 0 Å². The van der Waals surface area contributed by atoms with Gasteiger partial charge in [-0.05, 0) is 61.9 Å². The van der Waals surface area contributed by atoms with Crippen LogP contribution < -0.4 is 5.32 Å². The van der Waals surface area contributed by atoms with Gasteiger partial charge in [-0.2, -0.15) is 0 Å². The van der Waals surface area contributed by atoms with Crippen molar-refractivity contribution in [3.8, 4) is 0 Å². The highest BCUT2D eigenvalue weighted by Crippen LogP contribution is 2.22. The Morgan fingerprint density at radius 3 is 2.94 bits per heavy atom. The van der Waals surface area contributed by atoms with Gasteiger partial charge >= 0.3 is 0 Å². The first-order valence-corrected chi connectivity index (χ1v) is 6.86. The van der Waals surface area contributed by atoms with Crippen LogP contribution in [0.4, 0.5) is 8.78 Å². The van der Waals surface area contributed by atoms with Crippen molar-refractivity contribution in [1.82, 2.24) is 5.32 Å². The first-order valence-electron chi connectivity index (χ1n) is 6.86. The fourth-order valence-corrected chi connectivity index (χ4v) is 2.75. The van der Waals surface area contributed by atoms with Gasteiger partial charge in [-0.15, -0.1) is 0 Å². The van der Waals surface area contributed by atoms with Crippen LogP contribution in [0.3, 0.4) is 0 Å². The van der Waals surface area contributed by atoms with E-state index in [1.54, 1.807) is 0 Å². The number of rotatable bonds is 4. The van der Waals surface area contributed by atoms with Crippen molar-refractivity contribution < 1.29 is 8.78 Å². The third-order valence-electron chi connectivity index (χ3n) is 3.95. The van der Waals surface area contributed by atoms with Gasteiger partial charge in [0.15, 0.2) is 0 Å². The molecule has 1 fully saturated rings. The Morgan fingerprint density at radius 2 is 2.17 bits per heavy atom. The van der Waals surface area contributed by atoms with E-state index in [0.29, 0.717) is 18.0 Å². The minimum absolute atomic E-state index is 0.292. The second kappa shape index (κ2) is 6.28. The predicted molar refractivity (Wildman–Crippen MR) is 69.5 cm³/mol. The average molecular weight is 253 g/mol. The molecule has 0 aromatic heterocycles. The van der Waals surface area contributed by atoms with Gasteiger partial charge in [0.05, 0.1) is 0 Å². The number of halogens is 2. The second-order valence-corrected chi connectivity index (χ2v) is 5.22. The molecule has 3 heteroatoms. The van der Waals surface area contributed by atoms with Gasteiger partial charge in [0, 0.05) is 6.04 Å². The van der Waals surface area contributed by atoms with Gasteiger partial charge in [0.25, 0.3) is 0 Å². The molecule has 1 N–H and O–H groups in total. The quantitative estimate of drug-likeness (QED) is 0.863. The topological polar surface area (TPSA) is 12.0 Å². The molecule has 1 nitrogen and oxygen atoms in total. The molecule has 0 spiro atoms. The van der Waals surface area contributed by atoms with Crippen LogP contribution in [0.1, 0.15) is 38.2 Å². The fourth-order valence-electron chi connectivity index (χ4n) is 2.75. The van der Waals surface area contributed by atoms with E-state index in [-0.39, 0.29) is 11.6 Å². The van der Waals surface area contributed by atoms with Crippen LogP contribution in [-0.4, -0.2) is 12.6 Å². The Balaban J connectivity index is 1.89. The number of nitrogens with one attached hydrogen (secondary N) is 1. The van der Waals surface area contributed by atoms with Crippen molar-refractivity contribution in [3.63, 3.8) is 0 Å². The van der Waals surface area contributed by atoms with Crippen LogP contribution in [-0.2, 0) is 6.42 Å². The Hall–Kier alpha value is -0.960.